The van der Waals surface area contributed by atoms with E-state index in [1.807, 2.05) is 0 Å². The number of thiol groups is 1. The molecule has 2 rings (SSSR count). The number of carbonyl (C=O) groups excluding carboxylic acids is 1. The monoisotopic (exact) mass is 287 g/mol. The average molecular weight is 288 g/mol. The SMILES string of the molecule is O=C1CC(CS)CN1c1nccc(Br)n1. The van der Waals surface area contributed by atoms with Crippen LogP contribution in [0.2, 0.25) is 0 Å². The van der Waals surface area contributed by atoms with Crippen LogP contribution in [0.15, 0.2) is 16.9 Å². The number of amides is 1. The zero-order valence-corrected chi connectivity index (χ0v) is 10.4. The molecular weight excluding hydrogens is 278 g/mol. The van der Waals surface area contributed by atoms with E-state index in [1.54, 1.807) is 17.2 Å². The molecule has 0 bridgehead atoms. The first kappa shape index (κ1) is 10.9. The molecule has 15 heavy (non-hydrogen) atoms. The van der Waals surface area contributed by atoms with Crippen LogP contribution in [0.1, 0.15) is 6.42 Å². The molecule has 1 saturated heterocycles. The Morgan fingerprint density at radius 2 is 2.47 bits per heavy atom. The van der Waals surface area contributed by atoms with Crippen molar-refractivity contribution in [3.05, 3.63) is 16.9 Å². The molecule has 1 amide bonds. The lowest BCUT2D eigenvalue weighted by Gasteiger charge is -2.13. The fourth-order valence-electron chi connectivity index (χ4n) is 1.55. The minimum Gasteiger partial charge on any atom is -0.280 e. The average Bonchev–Trinajstić information content (AvgIpc) is 2.60. The molecule has 1 unspecified atom stereocenters. The van der Waals surface area contributed by atoms with Gasteiger partial charge in [-0.2, -0.15) is 12.6 Å². The highest BCUT2D eigenvalue weighted by Crippen LogP contribution is 2.23. The van der Waals surface area contributed by atoms with Crippen molar-refractivity contribution in [2.24, 2.45) is 5.92 Å². The van der Waals surface area contributed by atoms with Gasteiger partial charge in [0.05, 0.1) is 0 Å². The van der Waals surface area contributed by atoms with Crippen LogP contribution in [0.5, 0.6) is 0 Å². The second-order valence-electron chi connectivity index (χ2n) is 3.44. The summed E-state index contributed by atoms with van der Waals surface area (Å²) in [7, 11) is 0. The van der Waals surface area contributed by atoms with Gasteiger partial charge in [0.1, 0.15) is 4.60 Å². The Balaban J connectivity index is 2.21. The van der Waals surface area contributed by atoms with Crippen molar-refractivity contribution in [2.75, 3.05) is 17.2 Å². The maximum Gasteiger partial charge on any atom is 0.233 e. The lowest BCUT2D eigenvalue weighted by atomic mass is 10.1. The third-order valence-corrected chi connectivity index (χ3v) is 3.27. The van der Waals surface area contributed by atoms with E-state index in [1.165, 1.54) is 0 Å². The van der Waals surface area contributed by atoms with Crippen LogP contribution in [0, 0.1) is 5.92 Å². The summed E-state index contributed by atoms with van der Waals surface area (Å²) in [6, 6.07) is 1.74. The van der Waals surface area contributed by atoms with Gasteiger partial charge in [0, 0.05) is 19.2 Å². The maximum atomic E-state index is 11.7. The zero-order valence-electron chi connectivity index (χ0n) is 7.93. The number of nitrogens with zero attached hydrogens (tertiary/aromatic N) is 3. The highest BCUT2D eigenvalue weighted by molar-refractivity contribution is 9.10. The third-order valence-electron chi connectivity index (χ3n) is 2.31. The van der Waals surface area contributed by atoms with E-state index in [0.29, 0.717) is 29.4 Å². The summed E-state index contributed by atoms with van der Waals surface area (Å²) in [4.78, 5) is 21.5. The van der Waals surface area contributed by atoms with Gasteiger partial charge in [-0.05, 0) is 33.7 Å². The number of halogens is 1. The van der Waals surface area contributed by atoms with Crippen molar-refractivity contribution in [1.82, 2.24) is 9.97 Å². The quantitative estimate of drug-likeness (QED) is 0.663. The first-order chi connectivity index (χ1) is 7.20. The van der Waals surface area contributed by atoms with Crippen LogP contribution in [0.4, 0.5) is 5.95 Å². The maximum absolute atomic E-state index is 11.7. The van der Waals surface area contributed by atoms with Gasteiger partial charge in [-0.3, -0.25) is 9.69 Å². The second-order valence-corrected chi connectivity index (χ2v) is 4.61. The van der Waals surface area contributed by atoms with Crippen molar-refractivity contribution in [3.63, 3.8) is 0 Å². The molecule has 0 aromatic carbocycles. The number of rotatable bonds is 2. The molecule has 80 valence electrons. The third kappa shape index (κ3) is 2.31. The van der Waals surface area contributed by atoms with E-state index in [9.17, 15) is 4.79 Å². The van der Waals surface area contributed by atoms with E-state index < -0.39 is 0 Å². The topological polar surface area (TPSA) is 46.1 Å². The fraction of sp³-hybridized carbons (Fsp3) is 0.444. The Hall–Kier alpha value is -0.620. The van der Waals surface area contributed by atoms with E-state index in [4.69, 9.17) is 0 Å². The van der Waals surface area contributed by atoms with Gasteiger partial charge in [-0.25, -0.2) is 9.97 Å². The minimum absolute atomic E-state index is 0.0761. The fourth-order valence-corrected chi connectivity index (χ4v) is 2.08. The highest BCUT2D eigenvalue weighted by Gasteiger charge is 2.31. The van der Waals surface area contributed by atoms with Crippen LogP contribution in [0.3, 0.4) is 0 Å². The Kier molecular flexibility index (Phi) is 3.25. The Labute approximate surface area is 102 Å². The Morgan fingerprint density at radius 1 is 1.67 bits per heavy atom. The normalized spacial score (nSPS) is 21.1. The van der Waals surface area contributed by atoms with Crippen molar-refractivity contribution in [3.8, 4) is 0 Å². The van der Waals surface area contributed by atoms with Gasteiger partial charge < -0.3 is 0 Å². The smallest absolute Gasteiger partial charge is 0.233 e. The van der Waals surface area contributed by atoms with Crippen LogP contribution in [-0.2, 0) is 4.79 Å². The standard InChI is InChI=1S/C9H10BrN3OS/c10-7-1-2-11-9(12-7)13-4-6(5-15)3-8(13)14/h1-2,6,15H,3-5H2. The number of hydrogen-bond donors (Lipinski definition) is 1. The van der Waals surface area contributed by atoms with Crippen LogP contribution >= 0.6 is 28.6 Å². The summed E-state index contributed by atoms with van der Waals surface area (Å²) in [5.41, 5.74) is 0. The lowest BCUT2D eigenvalue weighted by Crippen LogP contribution is -2.26. The molecule has 1 aromatic rings. The summed E-state index contributed by atoms with van der Waals surface area (Å²) >= 11 is 7.46. The summed E-state index contributed by atoms with van der Waals surface area (Å²) in [5.74, 6) is 1.57. The molecule has 1 aliphatic heterocycles. The van der Waals surface area contributed by atoms with Crippen molar-refractivity contribution >= 4 is 40.4 Å². The van der Waals surface area contributed by atoms with E-state index in [2.05, 4.69) is 38.5 Å². The first-order valence-electron chi connectivity index (χ1n) is 4.60. The van der Waals surface area contributed by atoms with Gasteiger partial charge in [0.2, 0.25) is 11.9 Å². The molecule has 1 atom stereocenters. The molecule has 0 N–H and O–H groups in total. The summed E-state index contributed by atoms with van der Waals surface area (Å²) in [5, 5.41) is 0. The van der Waals surface area contributed by atoms with Crippen molar-refractivity contribution in [2.45, 2.75) is 6.42 Å². The molecule has 0 saturated carbocycles. The largest absolute Gasteiger partial charge is 0.280 e. The second kappa shape index (κ2) is 4.49. The predicted octanol–water partition coefficient (Wildman–Crippen LogP) is 1.52. The summed E-state index contributed by atoms with van der Waals surface area (Å²) in [6.07, 6.45) is 2.17. The number of anilines is 1. The van der Waals surface area contributed by atoms with Gasteiger partial charge in [-0.15, -0.1) is 0 Å². The van der Waals surface area contributed by atoms with Crippen LogP contribution in [0.25, 0.3) is 0 Å². The minimum atomic E-state index is 0.0761. The van der Waals surface area contributed by atoms with Crippen LogP contribution < -0.4 is 4.90 Å². The van der Waals surface area contributed by atoms with Crippen molar-refractivity contribution in [1.29, 1.82) is 0 Å². The molecule has 1 aromatic heterocycles. The number of carbonyl (C=O) groups is 1. The van der Waals surface area contributed by atoms with Crippen molar-refractivity contribution < 1.29 is 4.79 Å². The van der Waals surface area contributed by atoms with E-state index in [0.717, 1.165) is 5.75 Å². The van der Waals surface area contributed by atoms with Gasteiger partial charge in [-0.1, -0.05) is 0 Å². The molecule has 1 aliphatic rings. The molecule has 0 aliphatic carbocycles. The summed E-state index contributed by atoms with van der Waals surface area (Å²) in [6.45, 7) is 0.665. The van der Waals surface area contributed by atoms with E-state index in [-0.39, 0.29) is 5.91 Å². The molecular formula is C9H10BrN3OS. The molecule has 2 heterocycles. The molecule has 0 spiro atoms. The zero-order chi connectivity index (χ0) is 10.8. The Morgan fingerprint density at radius 3 is 3.07 bits per heavy atom. The first-order valence-corrected chi connectivity index (χ1v) is 6.03. The Bertz CT molecular complexity index is 387. The van der Waals surface area contributed by atoms with Gasteiger partial charge >= 0.3 is 0 Å². The van der Waals surface area contributed by atoms with E-state index >= 15 is 0 Å². The van der Waals surface area contributed by atoms with Gasteiger partial charge in [0.15, 0.2) is 0 Å². The highest BCUT2D eigenvalue weighted by atomic mass is 79.9. The lowest BCUT2D eigenvalue weighted by molar-refractivity contribution is -0.117. The predicted molar refractivity (Wildman–Crippen MR) is 64.0 cm³/mol. The van der Waals surface area contributed by atoms with Crippen LogP contribution in [-0.4, -0.2) is 28.2 Å². The van der Waals surface area contributed by atoms with Gasteiger partial charge in [0.25, 0.3) is 0 Å². The number of hydrogen-bond acceptors (Lipinski definition) is 4. The number of aromatic nitrogens is 2. The molecule has 4 nitrogen and oxygen atoms in total. The summed E-state index contributed by atoms with van der Waals surface area (Å²) < 4.78 is 0.689. The molecule has 1 fully saturated rings. The molecule has 0 radical (unpaired) electrons. The molecule has 6 heteroatoms.